The molecule has 1 aromatic heterocycles. The van der Waals surface area contributed by atoms with E-state index in [1.807, 2.05) is 42.5 Å². The van der Waals surface area contributed by atoms with Gasteiger partial charge in [0, 0.05) is 41.1 Å². The van der Waals surface area contributed by atoms with Gasteiger partial charge in [0.15, 0.2) is 12.4 Å². The van der Waals surface area contributed by atoms with Gasteiger partial charge in [-0.05, 0) is 66.1 Å². The molecule has 35 heavy (non-hydrogen) atoms. The van der Waals surface area contributed by atoms with Crippen molar-refractivity contribution in [1.29, 1.82) is 0 Å². The summed E-state index contributed by atoms with van der Waals surface area (Å²) >= 11 is 3.41. The average molecular weight is 532 g/mol. The summed E-state index contributed by atoms with van der Waals surface area (Å²) in [6.07, 6.45) is 4.34. The zero-order valence-corrected chi connectivity index (χ0v) is 20.8. The van der Waals surface area contributed by atoms with Crippen LogP contribution in [0.25, 0.3) is 22.1 Å². The van der Waals surface area contributed by atoms with Crippen LogP contribution in [0, 0.1) is 0 Å². The maximum atomic E-state index is 13.5. The van der Waals surface area contributed by atoms with Crippen LogP contribution in [0.1, 0.15) is 21.7 Å². The summed E-state index contributed by atoms with van der Waals surface area (Å²) in [5, 5.41) is 0.833. The van der Waals surface area contributed by atoms with Crippen LogP contribution < -0.4 is 9.47 Å². The second-order valence-electron chi connectivity index (χ2n) is 8.39. The van der Waals surface area contributed by atoms with Gasteiger partial charge >= 0.3 is 0 Å². The minimum Gasteiger partial charge on any atom is -0.484 e. The molecule has 0 fully saturated rings. The Balaban J connectivity index is 1.58. The van der Waals surface area contributed by atoms with Gasteiger partial charge in [-0.1, -0.05) is 28.1 Å². The van der Waals surface area contributed by atoms with Gasteiger partial charge < -0.3 is 18.8 Å². The predicted octanol–water partition coefficient (Wildman–Crippen LogP) is 6.01. The molecule has 6 nitrogen and oxygen atoms in total. The lowest BCUT2D eigenvalue weighted by Gasteiger charge is -2.12. The van der Waals surface area contributed by atoms with Crippen LogP contribution in [-0.4, -0.2) is 37.3 Å². The molecule has 0 aliphatic carbocycles. The second-order valence-corrected chi connectivity index (χ2v) is 9.31. The fourth-order valence-corrected chi connectivity index (χ4v) is 4.17. The van der Waals surface area contributed by atoms with Crippen molar-refractivity contribution < 1.29 is 23.5 Å². The standard InChI is InChI=1S/C28H22BrNO5/c1-30(2)25(31)16-34-21-11-7-17(8-12-21)26-22-14-19-4-3-13-33-23(19)15-24(22)35-28(26)27(32)18-5-9-20(29)10-6-18/h3,5-15H,4,16H2,1-2H3. The highest BCUT2D eigenvalue weighted by molar-refractivity contribution is 9.10. The Hall–Kier alpha value is -3.84. The Morgan fingerprint density at radius 2 is 1.77 bits per heavy atom. The van der Waals surface area contributed by atoms with Crippen molar-refractivity contribution in [3.63, 3.8) is 0 Å². The van der Waals surface area contributed by atoms with E-state index >= 15 is 0 Å². The highest BCUT2D eigenvalue weighted by Crippen LogP contribution is 2.40. The average Bonchev–Trinajstić information content (AvgIpc) is 3.24. The number of ketones is 1. The summed E-state index contributed by atoms with van der Waals surface area (Å²) in [6, 6.07) is 18.3. The molecule has 0 atom stereocenters. The van der Waals surface area contributed by atoms with Crippen molar-refractivity contribution in [2.45, 2.75) is 6.42 Å². The van der Waals surface area contributed by atoms with E-state index in [4.69, 9.17) is 13.9 Å². The van der Waals surface area contributed by atoms with Gasteiger partial charge in [-0.15, -0.1) is 0 Å². The summed E-state index contributed by atoms with van der Waals surface area (Å²) in [5.41, 5.74) is 3.64. The lowest BCUT2D eigenvalue weighted by molar-refractivity contribution is -0.130. The maximum absolute atomic E-state index is 13.5. The first-order chi connectivity index (χ1) is 16.9. The molecular weight excluding hydrogens is 510 g/mol. The fraction of sp³-hybridized carbons (Fsp3) is 0.143. The minimum absolute atomic E-state index is 0.0477. The van der Waals surface area contributed by atoms with E-state index in [1.165, 1.54) is 4.90 Å². The van der Waals surface area contributed by atoms with Crippen molar-refractivity contribution in [3.05, 3.63) is 94.4 Å². The number of likely N-dealkylation sites (N-methyl/N-ethyl adjacent to an activating group) is 1. The van der Waals surface area contributed by atoms with Crippen LogP contribution in [0.4, 0.5) is 0 Å². The second kappa shape index (κ2) is 9.43. The Kier molecular flexibility index (Phi) is 6.17. The first-order valence-corrected chi connectivity index (χ1v) is 11.8. The third-order valence-corrected chi connectivity index (χ3v) is 6.35. The molecule has 0 radical (unpaired) electrons. The van der Waals surface area contributed by atoms with E-state index in [2.05, 4.69) is 15.9 Å². The number of carbonyl (C=O) groups is 2. The highest BCUT2D eigenvalue weighted by atomic mass is 79.9. The number of hydrogen-bond acceptors (Lipinski definition) is 5. The van der Waals surface area contributed by atoms with Gasteiger partial charge in [0.05, 0.1) is 6.26 Å². The maximum Gasteiger partial charge on any atom is 0.259 e. The van der Waals surface area contributed by atoms with Crippen LogP contribution in [-0.2, 0) is 11.2 Å². The number of fused-ring (bicyclic) bond motifs is 2. The lowest BCUT2D eigenvalue weighted by atomic mass is 9.96. The Bertz CT molecular complexity index is 1450. The molecule has 0 spiro atoms. The van der Waals surface area contributed by atoms with Crippen LogP contribution in [0.15, 0.2) is 81.9 Å². The quantitative estimate of drug-likeness (QED) is 0.285. The molecule has 2 heterocycles. The van der Waals surface area contributed by atoms with Gasteiger partial charge in [-0.25, -0.2) is 0 Å². The normalized spacial score (nSPS) is 12.2. The topological polar surface area (TPSA) is 69.0 Å². The zero-order chi connectivity index (χ0) is 24.5. The molecule has 7 heteroatoms. The van der Waals surface area contributed by atoms with Crippen molar-refractivity contribution in [2.24, 2.45) is 0 Å². The molecule has 1 aliphatic heterocycles. The number of benzene rings is 3. The SMILES string of the molecule is CN(C)C(=O)COc1ccc(-c2c(C(=O)c3ccc(Br)cc3)oc3cc4c(cc23)CC=CO4)cc1. The summed E-state index contributed by atoms with van der Waals surface area (Å²) in [7, 11) is 3.37. The zero-order valence-electron chi connectivity index (χ0n) is 19.2. The molecule has 1 aliphatic rings. The lowest BCUT2D eigenvalue weighted by Crippen LogP contribution is -2.27. The molecule has 176 valence electrons. The number of nitrogens with zero attached hydrogens (tertiary/aromatic N) is 1. The summed E-state index contributed by atoms with van der Waals surface area (Å²) in [6.45, 7) is -0.0477. The van der Waals surface area contributed by atoms with Gasteiger partial charge in [-0.3, -0.25) is 9.59 Å². The van der Waals surface area contributed by atoms with E-state index in [9.17, 15) is 9.59 Å². The van der Waals surface area contributed by atoms with E-state index in [-0.39, 0.29) is 24.1 Å². The summed E-state index contributed by atoms with van der Waals surface area (Å²) < 4.78 is 18.3. The van der Waals surface area contributed by atoms with Crippen LogP contribution in [0.5, 0.6) is 11.5 Å². The molecule has 4 aromatic rings. The molecule has 0 saturated carbocycles. The third kappa shape index (κ3) is 4.59. The number of carbonyl (C=O) groups excluding carboxylic acids is 2. The van der Waals surface area contributed by atoms with Crippen molar-refractivity contribution >= 4 is 38.6 Å². The van der Waals surface area contributed by atoms with Crippen molar-refractivity contribution in [1.82, 2.24) is 4.90 Å². The first-order valence-electron chi connectivity index (χ1n) is 11.1. The van der Waals surface area contributed by atoms with Crippen LogP contribution in [0.3, 0.4) is 0 Å². The number of amides is 1. The molecular formula is C28H22BrNO5. The molecule has 3 aromatic carbocycles. The molecule has 0 N–H and O–H groups in total. The van der Waals surface area contributed by atoms with Crippen molar-refractivity contribution in [3.8, 4) is 22.6 Å². The van der Waals surface area contributed by atoms with Gasteiger partial charge in [0.25, 0.3) is 5.91 Å². The Morgan fingerprint density at radius 1 is 1.03 bits per heavy atom. The smallest absolute Gasteiger partial charge is 0.259 e. The molecule has 1 amide bonds. The largest absolute Gasteiger partial charge is 0.484 e. The van der Waals surface area contributed by atoms with E-state index in [0.29, 0.717) is 22.5 Å². The number of hydrogen-bond donors (Lipinski definition) is 0. The van der Waals surface area contributed by atoms with E-state index in [1.54, 1.807) is 44.6 Å². The van der Waals surface area contributed by atoms with Gasteiger partial charge in [0.2, 0.25) is 5.78 Å². The highest BCUT2D eigenvalue weighted by Gasteiger charge is 2.25. The number of ether oxygens (including phenoxy) is 2. The molecule has 0 saturated heterocycles. The molecule has 5 rings (SSSR count). The van der Waals surface area contributed by atoms with Crippen LogP contribution in [0.2, 0.25) is 0 Å². The minimum atomic E-state index is -0.211. The predicted molar refractivity (Wildman–Crippen MR) is 137 cm³/mol. The number of halogens is 1. The van der Waals surface area contributed by atoms with Crippen LogP contribution >= 0.6 is 15.9 Å². The fourth-order valence-electron chi connectivity index (χ4n) is 3.91. The van der Waals surface area contributed by atoms with Gasteiger partial charge in [0.1, 0.15) is 17.1 Å². The first kappa shape index (κ1) is 22.9. The molecule has 0 unspecified atom stereocenters. The Morgan fingerprint density at radius 3 is 2.49 bits per heavy atom. The molecule has 0 bridgehead atoms. The van der Waals surface area contributed by atoms with Crippen molar-refractivity contribution in [2.75, 3.05) is 20.7 Å². The number of allylic oxidation sites excluding steroid dienone is 1. The Labute approximate surface area is 210 Å². The number of furan rings is 1. The number of rotatable bonds is 6. The third-order valence-electron chi connectivity index (χ3n) is 5.82. The monoisotopic (exact) mass is 531 g/mol. The summed E-state index contributed by atoms with van der Waals surface area (Å²) in [5.74, 6) is 1.20. The van der Waals surface area contributed by atoms with E-state index < -0.39 is 0 Å². The summed E-state index contributed by atoms with van der Waals surface area (Å²) in [4.78, 5) is 26.9. The van der Waals surface area contributed by atoms with Gasteiger partial charge in [-0.2, -0.15) is 0 Å². The van der Waals surface area contributed by atoms with E-state index in [0.717, 1.165) is 33.2 Å².